The number of carbonyl (C=O) groups is 1. The molecule has 7 nitrogen and oxygen atoms in total. The summed E-state index contributed by atoms with van der Waals surface area (Å²) < 4.78 is 5.65. The van der Waals surface area contributed by atoms with Gasteiger partial charge in [-0.25, -0.2) is 0 Å². The number of likely N-dealkylation sites (tertiary alicyclic amines) is 1. The van der Waals surface area contributed by atoms with Crippen LogP contribution in [0.1, 0.15) is 46.0 Å². The fourth-order valence-corrected chi connectivity index (χ4v) is 3.03. The van der Waals surface area contributed by atoms with Crippen molar-refractivity contribution in [3.05, 3.63) is 0 Å². The first-order valence-corrected chi connectivity index (χ1v) is 10.3. The standard InChI is InChI=1S/C19H37N5O2/c1-3-9-21-18(25)14-24-11-7-17(8-12-24)23-19(20-4-2)22-10-13-26-15-16-5-6-16/h16-17H,3-15H2,1-2H3,(H,21,25)(H2,20,22,23). The van der Waals surface area contributed by atoms with Crippen LogP contribution in [-0.4, -0.2) is 75.3 Å². The third-order valence-corrected chi connectivity index (χ3v) is 4.77. The van der Waals surface area contributed by atoms with Crippen LogP contribution in [0, 0.1) is 5.92 Å². The van der Waals surface area contributed by atoms with Crippen LogP contribution in [0.25, 0.3) is 0 Å². The highest BCUT2D eigenvalue weighted by molar-refractivity contribution is 5.80. The average molecular weight is 368 g/mol. The van der Waals surface area contributed by atoms with Crippen molar-refractivity contribution in [2.75, 3.05) is 52.5 Å². The molecule has 1 amide bonds. The molecule has 3 N–H and O–H groups in total. The minimum Gasteiger partial charge on any atom is -0.379 e. The van der Waals surface area contributed by atoms with E-state index in [1.165, 1.54) is 12.8 Å². The van der Waals surface area contributed by atoms with Crippen molar-refractivity contribution in [1.82, 2.24) is 20.9 Å². The molecule has 0 aromatic carbocycles. The second-order valence-corrected chi connectivity index (χ2v) is 7.32. The van der Waals surface area contributed by atoms with Gasteiger partial charge in [0, 0.05) is 38.8 Å². The molecule has 2 fully saturated rings. The van der Waals surface area contributed by atoms with Gasteiger partial charge in [-0.2, -0.15) is 0 Å². The number of rotatable bonds is 11. The van der Waals surface area contributed by atoms with E-state index in [9.17, 15) is 4.79 Å². The van der Waals surface area contributed by atoms with Crippen molar-refractivity contribution >= 4 is 11.9 Å². The average Bonchev–Trinajstić information content (AvgIpc) is 3.46. The van der Waals surface area contributed by atoms with E-state index in [0.717, 1.165) is 63.9 Å². The van der Waals surface area contributed by atoms with E-state index in [1.807, 2.05) is 0 Å². The molecule has 0 atom stereocenters. The van der Waals surface area contributed by atoms with Gasteiger partial charge in [0.1, 0.15) is 0 Å². The van der Waals surface area contributed by atoms with Gasteiger partial charge < -0.3 is 20.7 Å². The lowest BCUT2D eigenvalue weighted by molar-refractivity contribution is -0.122. The van der Waals surface area contributed by atoms with E-state index in [4.69, 9.17) is 4.74 Å². The minimum absolute atomic E-state index is 0.138. The van der Waals surface area contributed by atoms with Crippen molar-refractivity contribution in [2.24, 2.45) is 10.9 Å². The molecule has 2 aliphatic rings. The SMILES string of the molecule is CCCNC(=O)CN1CCC(NC(=NCCOCC2CC2)NCC)CC1. The molecule has 1 saturated heterocycles. The maximum atomic E-state index is 11.8. The lowest BCUT2D eigenvalue weighted by Crippen LogP contribution is -2.50. The molecule has 150 valence electrons. The second kappa shape index (κ2) is 12.1. The molecule has 7 heteroatoms. The number of hydrogen-bond donors (Lipinski definition) is 3. The van der Waals surface area contributed by atoms with Crippen LogP contribution < -0.4 is 16.0 Å². The number of guanidine groups is 1. The molecule has 0 aromatic heterocycles. The van der Waals surface area contributed by atoms with Gasteiger partial charge in [-0.05, 0) is 44.9 Å². The van der Waals surface area contributed by atoms with Crippen molar-refractivity contribution < 1.29 is 9.53 Å². The zero-order valence-electron chi connectivity index (χ0n) is 16.6. The number of carbonyl (C=O) groups excluding carboxylic acids is 1. The van der Waals surface area contributed by atoms with Gasteiger partial charge in [-0.15, -0.1) is 0 Å². The minimum atomic E-state index is 0.138. The number of nitrogens with one attached hydrogen (secondary N) is 3. The smallest absolute Gasteiger partial charge is 0.234 e. The Hall–Kier alpha value is -1.34. The van der Waals surface area contributed by atoms with Crippen molar-refractivity contribution in [3.63, 3.8) is 0 Å². The van der Waals surface area contributed by atoms with Crippen LogP contribution in [0.3, 0.4) is 0 Å². The summed E-state index contributed by atoms with van der Waals surface area (Å²) in [5.41, 5.74) is 0. The fourth-order valence-electron chi connectivity index (χ4n) is 3.03. The largest absolute Gasteiger partial charge is 0.379 e. The zero-order valence-corrected chi connectivity index (χ0v) is 16.6. The molecule has 1 aliphatic carbocycles. The van der Waals surface area contributed by atoms with Gasteiger partial charge in [-0.3, -0.25) is 14.7 Å². The Labute approximate surface area is 158 Å². The van der Waals surface area contributed by atoms with Crippen LogP contribution in [0.5, 0.6) is 0 Å². The van der Waals surface area contributed by atoms with E-state index in [1.54, 1.807) is 0 Å². The molecular formula is C19H37N5O2. The molecule has 26 heavy (non-hydrogen) atoms. The quantitative estimate of drug-likeness (QED) is 0.288. The first-order valence-electron chi connectivity index (χ1n) is 10.3. The summed E-state index contributed by atoms with van der Waals surface area (Å²) in [5.74, 6) is 1.82. The Morgan fingerprint density at radius 3 is 2.58 bits per heavy atom. The van der Waals surface area contributed by atoms with Crippen LogP contribution >= 0.6 is 0 Å². The van der Waals surface area contributed by atoms with Crippen LogP contribution in [0.4, 0.5) is 0 Å². The number of amides is 1. The summed E-state index contributed by atoms with van der Waals surface area (Å²) in [4.78, 5) is 18.7. The molecule has 0 unspecified atom stereocenters. The highest BCUT2D eigenvalue weighted by atomic mass is 16.5. The molecule has 0 aromatic rings. The summed E-state index contributed by atoms with van der Waals surface area (Å²) in [5, 5.41) is 9.79. The lowest BCUT2D eigenvalue weighted by Gasteiger charge is -2.32. The number of ether oxygens (including phenoxy) is 1. The predicted molar refractivity (Wildman–Crippen MR) is 105 cm³/mol. The third-order valence-electron chi connectivity index (χ3n) is 4.77. The Kier molecular flexibility index (Phi) is 9.77. The monoisotopic (exact) mass is 367 g/mol. The van der Waals surface area contributed by atoms with E-state index >= 15 is 0 Å². The van der Waals surface area contributed by atoms with E-state index in [2.05, 4.69) is 39.7 Å². The van der Waals surface area contributed by atoms with Crippen LogP contribution in [-0.2, 0) is 9.53 Å². The topological polar surface area (TPSA) is 78.0 Å². The van der Waals surface area contributed by atoms with Gasteiger partial charge in [0.15, 0.2) is 5.96 Å². The Balaban J connectivity index is 1.62. The lowest BCUT2D eigenvalue weighted by atomic mass is 10.1. The first kappa shape index (κ1) is 21.0. The normalized spacial score (nSPS) is 19.4. The van der Waals surface area contributed by atoms with Gasteiger partial charge in [0.05, 0.1) is 19.7 Å². The van der Waals surface area contributed by atoms with Gasteiger partial charge in [0.2, 0.25) is 5.91 Å². The Morgan fingerprint density at radius 2 is 1.92 bits per heavy atom. The molecular weight excluding hydrogens is 330 g/mol. The third kappa shape index (κ3) is 8.85. The number of hydrogen-bond acceptors (Lipinski definition) is 4. The van der Waals surface area contributed by atoms with Gasteiger partial charge >= 0.3 is 0 Å². The number of nitrogens with zero attached hydrogens (tertiary/aromatic N) is 2. The zero-order chi connectivity index (χ0) is 18.6. The van der Waals surface area contributed by atoms with Crippen LogP contribution in [0.15, 0.2) is 4.99 Å². The van der Waals surface area contributed by atoms with E-state index in [-0.39, 0.29) is 5.91 Å². The molecule has 0 spiro atoms. The highest BCUT2D eigenvalue weighted by Gasteiger charge is 2.22. The predicted octanol–water partition coefficient (Wildman–Crippen LogP) is 0.959. The van der Waals surface area contributed by atoms with Crippen LogP contribution in [0.2, 0.25) is 0 Å². The number of piperidine rings is 1. The highest BCUT2D eigenvalue weighted by Crippen LogP contribution is 2.28. The maximum absolute atomic E-state index is 11.8. The molecule has 2 rings (SSSR count). The summed E-state index contributed by atoms with van der Waals surface area (Å²) in [6.07, 6.45) is 5.70. The Bertz CT molecular complexity index is 432. The molecule has 1 aliphatic heterocycles. The van der Waals surface area contributed by atoms with E-state index < -0.39 is 0 Å². The summed E-state index contributed by atoms with van der Waals surface area (Å²) in [6.45, 7) is 10.5. The summed E-state index contributed by atoms with van der Waals surface area (Å²) >= 11 is 0. The van der Waals surface area contributed by atoms with Crippen molar-refractivity contribution in [1.29, 1.82) is 0 Å². The van der Waals surface area contributed by atoms with Crippen molar-refractivity contribution in [2.45, 2.75) is 52.0 Å². The fraction of sp³-hybridized carbons (Fsp3) is 0.895. The van der Waals surface area contributed by atoms with Crippen molar-refractivity contribution in [3.8, 4) is 0 Å². The molecule has 1 heterocycles. The van der Waals surface area contributed by atoms with Gasteiger partial charge in [-0.1, -0.05) is 6.92 Å². The molecule has 0 radical (unpaired) electrons. The van der Waals surface area contributed by atoms with Gasteiger partial charge in [0.25, 0.3) is 0 Å². The number of aliphatic imine (C=N–C) groups is 1. The summed E-state index contributed by atoms with van der Waals surface area (Å²) in [7, 11) is 0. The second-order valence-electron chi connectivity index (χ2n) is 7.32. The first-order chi connectivity index (χ1) is 12.7. The molecule has 1 saturated carbocycles. The Morgan fingerprint density at radius 1 is 1.15 bits per heavy atom. The van der Waals surface area contributed by atoms with E-state index in [0.29, 0.717) is 25.7 Å². The summed E-state index contributed by atoms with van der Waals surface area (Å²) in [6, 6.07) is 0.412. The maximum Gasteiger partial charge on any atom is 0.234 e. The molecule has 0 bridgehead atoms.